The molecule has 0 aliphatic rings. The summed E-state index contributed by atoms with van der Waals surface area (Å²) in [6.07, 6.45) is 1.43. The van der Waals surface area contributed by atoms with Gasteiger partial charge in [-0.3, -0.25) is 0 Å². The van der Waals surface area contributed by atoms with Crippen LogP contribution in [0.4, 0.5) is 0 Å². The molecule has 1 aromatic carbocycles. The van der Waals surface area contributed by atoms with Crippen molar-refractivity contribution in [3.63, 3.8) is 0 Å². The number of hydrogen-bond donors (Lipinski definition) is 0. The van der Waals surface area contributed by atoms with Gasteiger partial charge in [-0.1, -0.05) is 52.6 Å². The SMILES string of the molecule is C.C.C.COC(=O)C(=Cc1ccccc1)C(=O)OC. The molecular weight excluding hydrogens is 244 g/mol. The highest BCUT2D eigenvalue weighted by Crippen LogP contribution is 2.09. The van der Waals surface area contributed by atoms with Crippen LogP contribution in [0.2, 0.25) is 0 Å². The van der Waals surface area contributed by atoms with Crippen LogP contribution >= 0.6 is 0 Å². The van der Waals surface area contributed by atoms with Crippen LogP contribution in [0, 0.1) is 0 Å². The minimum atomic E-state index is -0.712. The Morgan fingerprint density at radius 2 is 1.32 bits per heavy atom. The van der Waals surface area contributed by atoms with Crippen molar-refractivity contribution in [1.82, 2.24) is 0 Å². The first-order chi connectivity index (χ1) is 7.69. The number of hydrogen-bond acceptors (Lipinski definition) is 4. The van der Waals surface area contributed by atoms with Gasteiger partial charge in [-0.25, -0.2) is 9.59 Å². The zero-order chi connectivity index (χ0) is 12.0. The third-order valence-corrected chi connectivity index (χ3v) is 1.92. The standard InChI is InChI=1S/C12H12O4.3CH4/c1-15-11(13)10(12(14)16-2)8-9-6-4-3-5-7-9;;;/h3-8H,1-2H3;3*1H4. The number of methoxy groups -OCH3 is 2. The van der Waals surface area contributed by atoms with E-state index in [1.54, 1.807) is 24.3 Å². The zero-order valence-electron chi connectivity index (χ0n) is 9.10. The van der Waals surface area contributed by atoms with Crippen molar-refractivity contribution in [1.29, 1.82) is 0 Å². The predicted molar refractivity (Wildman–Crippen MR) is 78.6 cm³/mol. The number of rotatable bonds is 3. The van der Waals surface area contributed by atoms with E-state index in [0.29, 0.717) is 0 Å². The quantitative estimate of drug-likeness (QED) is 0.365. The fraction of sp³-hybridized carbons (Fsp3) is 0.333. The molecule has 0 aromatic heterocycles. The minimum Gasteiger partial charge on any atom is -0.465 e. The van der Waals surface area contributed by atoms with Gasteiger partial charge in [-0.05, 0) is 11.6 Å². The molecule has 4 nitrogen and oxygen atoms in total. The van der Waals surface area contributed by atoms with E-state index in [2.05, 4.69) is 9.47 Å². The van der Waals surface area contributed by atoms with E-state index in [9.17, 15) is 9.59 Å². The Labute approximate surface area is 116 Å². The molecule has 0 spiro atoms. The smallest absolute Gasteiger partial charge is 0.345 e. The minimum absolute atomic E-state index is 0. The Balaban J connectivity index is -0.000000853. The van der Waals surface area contributed by atoms with Crippen molar-refractivity contribution in [2.24, 2.45) is 0 Å². The van der Waals surface area contributed by atoms with Crippen LogP contribution in [0.15, 0.2) is 35.9 Å². The Kier molecular flexibility index (Phi) is 12.8. The molecule has 0 aliphatic heterocycles. The lowest BCUT2D eigenvalue weighted by molar-refractivity contribution is -0.143. The number of benzene rings is 1. The van der Waals surface area contributed by atoms with Gasteiger partial charge in [0.15, 0.2) is 0 Å². The highest BCUT2D eigenvalue weighted by Gasteiger charge is 2.19. The summed E-state index contributed by atoms with van der Waals surface area (Å²) in [7, 11) is 2.42. The van der Waals surface area contributed by atoms with Crippen molar-refractivity contribution >= 4 is 18.0 Å². The molecule has 0 aliphatic carbocycles. The lowest BCUT2D eigenvalue weighted by Crippen LogP contribution is -2.15. The molecule has 0 N–H and O–H groups in total. The van der Waals surface area contributed by atoms with Gasteiger partial charge in [-0.2, -0.15) is 0 Å². The summed E-state index contributed by atoms with van der Waals surface area (Å²) >= 11 is 0. The lowest BCUT2D eigenvalue weighted by atomic mass is 10.1. The van der Waals surface area contributed by atoms with E-state index >= 15 is 0 Å². The maximum atomic E-state index is 11.3. The predicted octanol–water partition coefficient (Wildman–Crippen LogP) is 3.32. The first-order valence-corrected chi connectivity index (χ1v) is 4.62. The average molecular weight is 268 g/mol. The average Bonchev–Trinajstić information content (AvgIpc) is 2.35. The van der Waals surface area contributed by atoms with Crippen LogP contribution in [0.1, 0.15) is 27.8 Å². The maximum Gasteiger partial charge on any atom is 0.345 e. The highest BCUT2D eigenvalue weighted by atomic mass is 16.5. The lowest BCUT2D eigenvalue weighted by Gasteiger charge is -2.03. The molecule has 1 rings (SSSR count). The molecule has 0 fully saturated rings. The van der Waals surface area contributed by atoms with Crippen LogP contribution < -0.4 is 0 Å². The summed E-state index contributed by atoms with van der Waals surface area (Å²) in [5.74, 6) is -1.42. The van der Waals surface area contributed by atoms with Gasteiger partial charge < -0.3 is 9.47 Å². The van der Waals surface area contributed by atoms with Gasteiger partial charge in [0, 0.05) is 0 Å². The Hall–Kier alpha value is -2.10. The summed E-state index contributed by atoms with van der Waals surface area (Å²) in [6.45, 7) is 0. The summed E-state index contributed by atoms with van der Waals surface area (Å²) in [5.41, 5.74) is 0.601. The van der Waals surface area contributed by atoms with Gasteiger partial charge in [0.05, 0.1) is 14.2 Å². The first kappa shape index (κ1) is 22.1. The molecule has 0 bridgehead atoms. The molecule has 0 unspecified atom stereocenters. The van der Waals surface area contributed by atoms with Gasteiger partial charge in [0.1, 0.15) is 5.57 Å². The molecule has 0 heterocycles. The van der Waals surface area contributed by atoms with Crippen molar-refractivity contribution < 1.29 is 19.1 Å². The summed E-state index contributed by atoms with van der Waals surface area (Å²) in [5, 5.41) is 0. The molecule has 19 heavy (non-hydrogen) atoms. The second-order valence-corrected chi connectivity index (χ2v) is 2.95. The molecule has 0 saturated carbocycles. The van der Waals surface area contributed by atoms with Crippen LogP contribution in [0.5, 0.6) is 0 Å². The van der Waals surface area contributed by atoms with Crippen molar-refractivity contribution in [2.75, 3.05) is 14.2 Å². The largest absolute Gasteiger partial charge is 0.465 e. The Morgan fingerprint density at radius 1 is 0.895 bits per heavy atom. The van der Waals surface area contributed by atoms with Gasteiger partial charge in [-0.15, -0.1) is 0 Å². The molecular formula is C15H24O4. The van der Waals surface area contributed by atoms with E-state index in [0.717, 1.165) is 5.56 Å². The van der Waals surface area contributed by atoms with E-state index in [4.69, 9.17) is 0 Å². The third-order valence-electron chi connectivity index (χ3n) is 1.92. The van der Waals surface area contributed by atoms with Gasteiger partial charge in [0.25, 0.3) is 0 Å². The number of ether oxygens (including phenoxy) is 2. The topological polar surface area (TPSA) is 52.6 Å². The summed E-state index contributed by atoms with van der Waals surface area (Å²) < 4.78 is 9.00. The molecule has 1 aromatic rings. The number of carbonyl (C=O) groups excluding carboxylic acids is 2. The molecule has 0 atom stereocenters. The fourth-order valence-electron chi connectivity index (χ4n) is 1.14. The van der Waals surface area contributed by atoms with Crippen molar-refractivity contribution in [2.45, 2.75) is 22.3 Å². The molecule has 0 radical (unpaired) electrons. The number of carbonyl (C=O) groups is 2. The second kappa shape index (κ2) is 11.0. The van der Waals surface area contributed by atoms with Gasteiger partial charge >= 0.3 is 11.9 Å². The van der Waals surface area contributed by atoms with Crippen LogP contribution in [0.25, 0.3) is 6.08 Å². The fourth-order valence-corrected chi connectivity index (χ4v) is 1.14. The normalized spacial score (nSPS) is 7.68. The third kappa shape index (κ3) is 6.41. The summed E-state index contributed by atoms with van der Waals surface area (Å²) in [6, 6.07) is 8.99. The molecule has 4 heteroatoms. The van der Waals surface area contributed by atoms with Crippen LogP contribution in [-0.4, -0.2) is 26.2 Å². The van der Waals surface area contributed by atoms with E-state index < -0.39 is 11.9 Å². The zero-order valence-corrected chi connectivity index (χ0v) is 9.10. The summed E-state index contributed by atoms with van der Waals surface area (Å²) in [4.78, 5) is 22.7. The highest BCUT2D eigenvalue weighted by molar-refractivity contribution is 6.17. The first-order valence-electron chi connectivity index (χ1n) is 4.62. The monoisotopic (exact) mass is 268 g/mol. The van der Waals surface area contributed by atoms with Gasteiger partial charge in [0.2, 0.25) is 0 Å². The van der Waals surface area contributed by atoms with Crippen molar-refractivity contribution in [3.8, 4) is 0 Å². The molecule has 0 amide bonds. The molecule has 108 valence electrons. The Bertz CT molecular complexity index is 389. The Morgan fingerprint density at radius 3 is 1.68 bits per heavy atom. The maximum absolute atomic E-state index is 11.3. The number of esters is 2. The van der Waals surface area contributed by atoms with E-state index in [-0.39, 0.29) is 27.9 Å². The molecule has 0 saturated heterocycles. The van der Waals surface area contributed by atoms with Crippen LogP contribution in [0.3, 0.4) is 0 Å². The van der Waals surface area contributed by atoms with Crippen LogP contribution in [-0.2, 0) is 19.1 Å². The van der Waals surface area contributed by atoms with E-state index in [1.165, 1.54) is 20.3 Å². The van der Waals surface area contributed by atoms with Crippen molar-refractivity contribution in [3.05, 3.63) is 41.5 Å². The second-order valence-electron chi connectivity index (χ2n) is 2.95. The van der Waals surface area contributed by atoms with E-state index in [1.807, 2.05) is 6.07 Å².